The van der Waals surface area contributed by atoms with Crippen LogP contribution in [0.25, 0.3) is 10.8 Å². The number of anilines is 2. The van der Waals surface area contributed by atoms with Gasteiger partial charge in [-0.2, -0.15) is 0 Å². The molecule has 1 amide bonds. The van der Waals surface area contributed by atoms with Crippen molar-refractivity contribution in [2.24, 2.45) is 0 Å². The zero-order valence-electron chi connectivity index (χ0n) is 17.0. The Hall–Kier alpha value is -3.00. The van der Waals surface area contributed by atoms with Gasteiger partial charge in [0.1, 0.15) is 5.82 Å². The first-order valence-corrected chi connectivity index (χ1v) is 11.8. The van der Waals surface area contributed by atoms with Crippen LogP contribution >= 0.6 is 0 Å². The van der Waals surface area contributed by atoms with E-state index in [1.165, 1.54) is 6.26 Å². The van der Waals surface area contributed by atoms with Crippen LogP contribution in [-0.4, -0.2) is 48.5 Å². The van der Waals surface area contributed by atoms with Crippen LogP contribution in [0.15, 0.2) is 53.7 Å². The summed E-state index contributed by atoms with van der Waals surface area (Å²) >= 11 is 0. The van der Waals surface area contributed by atoms with Crippen LogP contribution in [0, 0.1) is 0 Å². The highest BCUT2D eigenvalue weighted by Crippen LogP contribution is 2.32. The predicted molar refractivity (Wildman–Crippen MR) is 117 cm³/mol. The van der Waals surface area contributed by atoms with Crippen LogP contribution in [0.5, 0.6) is 0 Å². The molecule has 4 rings (SSSR count). The van der Waals surface area contributed by atoms with Gasteiger partial charge in [-0.15, -0.1) is 0 Å². The van der Waals surface area contributed by atoms with E-state index in [2.05, 4.69) is 15.3 Å². The maximum absolute atomic E-state index is 12.0. The Bertz CT molecular complexity index is 1190. The predicted octanol–water partition coefficient (Wildman–Crippen LogP) is 3.50. The summed E-state index contributed by atoms with van der Waals surface area (Å²) in [6.07, 6.45) is 6.20. The first kappa shape index (κ1) is 20.3. The summed E-state index contributed by atoms with van der Waals surface area (Å²) in [5.41, 5.74) is 1.73. The van der Waals surface area contributed by atoms with Gasteiger partial charge in [-0.3, -0.25) is 9.78 Å². The van der Waals surface area contributed by atoms with Gasteiger partial charge < -0.3 is 10.2 Å². The number of hydrogen-bond donors (Lipinski definition) is 1. The average Bonchev–Trinajstić information content (AvgIpc) is 3.22. The van der Waals surface area contributed by atoms with Gasteiger partial charge in [-0.25, -0.2) is 13.4 Å². The molecular weight excluding hydrogens is 400 g/mol. The lowest BCUT2D eigenvalue weighted by atomic mass is 9.99. The van der Waals surface area contributed by atoms with E-state index < -0.39 is 9.84 Å². The summed E-state index contributed by atoms with van der Waals surface area (Å²) in [4.78, 5) is 23.3. The van der Waals surface area contributed by atoms with Crippen molar-refractivity contribution < 1.29 is 13.2 Å². The normalized spacial score (nSPS) is 16.7. The lowest BCUT2D eigenvalue weighted by Gasteiger charge is -2.16. The first-order valence-electron chi connectivity index (χ1n) is 9.94. The van der Waals surface area contributed by atoms with Crippen LogP contribution in [-0.2, 0) is 14.6 Å². The Labute approximate surface area is 176 Å². The molecule has 3 aromatic rings. The van der Waals surface area contributed by atoms with Crippen molar-refractivity contribution in [3.63, 3.8) is 0 Å². The Kier molecular flexibility index (Phi) is 5.42. The number of benzene rings is 1. The van der Waals surface area contributed by atoms with E-state index in [4.69, 9.17) is 0 Å². The molecule has 1 fully saturated rings. The Balaban J connectivity index is 1.61. The molecule has 0 saturated carbocycles. The lowest BCUT2D eigenvalue weighted by molar-refractivity contribution is -0.129. The molecule has 1 N–H and O–H groups in total. The van der Waals surface area contributed by atoms with Crippen LogP contribution in [0.2, 0.25) is 0 Å². The Morgan fingerprint density at radius 2 is 1.97 bits per heavy atom. The largest absolute Gasteiger partial charge is 0.342 e. The molecule has 1 aliphatic rings. The second kappa shape index (κ2) is 8.02. The number of nitrogens with zero attached hydrogens (tertiary/aromatic N) is 3. The smallest absolute Gasteiger partial charge is 0.222 e. The second-order valence-electron chi connectivity index (χ2n) is 7.59. The van der Waals surface area contributed by atoms with Crippen molar-refractivity contribution in [2.75, 3.05) is 24.7 Å². The number of carbonyl (C=O) groups is 1. The van der Waals surface area contributed by atoms with Gasteiger partial charge in [0, 0.05) is 60.5 Å². The van der Waals surface area contributed by atoms with Crippen molar-refractivity contribution in [3.05, 3.63) is 54.5 Å². The Morgan fingerprint density at radius 3 is 2.67 bits per heavy atom. The standard InChI is InChI=1S/C22H24N4O3S/c1-3-21(27)26-11-9-16(14-26)22-19-12-20(24-13-15(19)8-10-23-22)25-17-4-6-18(7-5-17)30(2,28)29/h4-8,10,12-13,16H,3,9,11,14H2,1-2H3,(H,24,25). The molecule has 1 atom stereocenters. The van der Waals surface area contributed by atoms with Gasteiger partial charge >= 0.3 is 0 Å². The minimum atomic E-state index is -3.23. The third kappa shape index (κ3) is 4.14. The van der Waals surface area contributed by atoms with Gasteiger partial charge in [0.05, 0.1) is 10.6 Å². The number of hydrogen-bond acceptors (Lipinski definition) is 6. The Morgan fingerprint density at radius 1 is 1.20 bits per heavy atom. The second-order valence-corrected chi connectivity index (χ2v) is 9.60. The molecule has 7 nitrogen and oxygen atoms in total. The van der Waals surface area contributed by atoms with Crippen molar-refractivity contribution in [1.82, 2.24) is 14.9 Å². The fraction of sp³-hybridized carbons (Fsp3) is 0.318. The quantitative estimate of drug-likeness (QED) is 0.674. The van der Waals surface area contributed by atoms with Gasteiger partial charge in [-0.1, -0.05) is 6.92 Å². The number of sulfone groups is 1. The fourth-order valence-electron chi connectivity index (χ4n) is 3.85. The van der Waals surface area contributed by atoms with Crippen molar-refractivity contribution >= 4 is 38.0 Å². The number of carbonyl (C=O) groups excluding carboxylic acids is 1. The minimum absolute atomic E-state index is 0.180. The van der Waals surface area contributed by atoms with Gasteiger partial charge in [0.2, 0.25) is 5.91 Å². The summed E-state index contributed by atoms with van der Waals surface area (Å²) < 4.78 is 23.3. The molecule has 156 valence electrons. The van der Waals surface area contributed by atoms with E-state index in [-0.39, 0.29) is 16.7 Å². The molecule has 0 bridgehead atoms. The number of nitrogens with one attached hydrogen (secondary N) is 1. The zero-order valence-corrected chi connectivity index (χ0v) is 17.8. The summed E-state index contributed by atoms with van der Waals surface area (Å²) in [5, 5.41) is 5.24. The molecule has 8 heteroatoms. The van der Waals surface area contributed by atoms with E-state index in [0.29, 0.717) is 18.8 Å². The molecule has 1 unspecified atom stereocenters. The SMILES string of the molecule is CCC(=O)N1CCC(c2nccc3cnc(Nc4ccc(S(C)(=O)=O)cc4)cc23)C1. The number of pyridine rings is 2. The van der Waals surface area contributed by atoms with Crippen LogP contribution in [0.4, 0.5) is 11.5 Å². The average molecular weight is 425 g/mol. The lowest BCUT2D eigenvalue weighted by Crippen LogP contribution is -2.27. The fourth-order valence-corrected chi connectivity index (χ4v) is 4.48. The third-order valence-electron chi connectivity index (χ3n) is 5.46. The zero-order chi connectivity index (χ0) is 21.3. The number of rotatable bonds is 5. The minimum Gasteiger partial charge on any atom is -0.342 e. The van der Waals surface area contributed by atoms with E-state index >= 15 is 0 Å². The highest BCUT2D eigenvalue weighted by atomic mass is 32.2. The van der Waals surface area contributed by atoms with Gasteiger partial charge in [-0.05, 0) is 42.8 Å². The monoisotopic (exact) mass is 424 g/mol. The van der Waals surface area contributed by atoms with Crippen molar-refractivity contribution in [3.8, 4) is 0 Å². The molecule has 1 aromatic carbocycles. The molecule has 3 heterocycles. The summed E-state index contributed by atoms with van der Waals surface area (Å²) in [6.45, 7) is 3.34. The highest BCUT2D eigenvalue weighted by Gasteiger charge is 2.28. The number of fused-ring (bicyclic) bond motifs is 1. The summed E-state index contributed by atoms with van der Waals surface area (Å²) in [5.74, 6) is 1.04. The van der Waals surface area contributed by atoms with E-state index in [9.17, 15) is 13.2 Å². The molecule has 2 aromatic heterocycles. The van der Waals surface area contributed by atoms with Crippen LogP contribution < -0.4 is 5.32 Å². The molecule has 1 saturated heterocycles. The molecular formula is C22H24N4O3S. The molecule has 0 spiro atoms. The van der Waals surface area contributed by atoms with E-state index in [0.717, 1.165) is 35.1 Å². The van der Waals surface area contributed by atoms with Crippen LogP contribution in [0.3, 0.4) is 0 Å². The molecule has 0 aliphatic carbocycles. The first-order chi connectivity index (χ1) is 14.3. The summed E-state index contributed by atoms with van der Waals surface area (Å²) in [6, 6.07) is 10.5. The van der Waals surface area contributed by atoms with Crippen molar-refractivity contribution in [1.29, 1.82) is 0 Å². The molecule has 1 aliphatic heterocycles. The van der Waals surface area contributed by atoms with E-state index in [1.807, 2.05) is 24.0 Å². The van der Waals surface area contributed by atoms with Crippen LogP contribution in [0.1, 0.15) is 31.4 Å². The van der Waals surface area contributed by atoms with Gasteiger partial charge in [0.15, 0.2) is 9.84 Å². The molecule has 0 radical (unpaired) electrons. The maximum Gasteiger partial charge on any atom is 0.222 e. The summed E-state index contributed by atoms with van der Waals surface area (Å²) in [7, 11) is -3.23. The number of aromatic nitrogens is 2. The number of amides is 1. The number of likely N-dealkylation sites (tertiary alicyclic amines) is 1. The van der Waals surface area contributed by atoms with Gasteiger partial charge in [0.25, 0.3) is 0 Å². The van der Waals surface area contributed by atoms with Crippen molar-refractivity contribution in [2.45, 2.75) is 30.6 Å². The van der Waals surface area contributed by atoms with E-state index in [1.54, 1.807) is 36.7 Å². The molecule has 30 heavy (non-hydrogen) atoms. The maximum atomic E-state index is 12.0. The highest BCUT2D eigenvalue weighted by molar-refractivity contribution is 7.90. The third-order valence-corrected chi connectivity index (χ3v) is 6.59. The topological polar surface area (TPSA) is 92.3 Å².